The van der Waals surface area contributed by atoms with Gasteiger partial charge >= 0.3 is 6.09 Å². The summed E-state index contributed by atoms with van der Waals surface area (Å²) in [7, 11) is 1.56. The number of hydrogen-bond acceptors (Lipinski definition) is 6. The van der Waals surface area contributed by atoms with E-state index < -0.39 is 12.0 Å². The predicted octanol–water partition coefficient (Wildman–Crippen LogP) is 4.02. The zero-order valence-electron chi connectivity index (χ0n) is 16.7. The fraction of sp³-hybridized carbons (Fsp3) is 0.381. The van der Waals surface area contributed by atoms with E-state index in [0.717, 1.165) is 29.7 Å². The maximum Gasteiger partial charge on any atom is 0.414 e. The van der Waals surface area contributed by atoms with Gasteiger partial charge in [0.2, 0.25) is 0 Å². The normalized spacial score (nSPS) is 15.2. The number of methoxy groups -OCH3 is 1. The van der Waals surface area contributed by atoms with Crippen LogP contribution in [-0.2, 0) is 17.6 Å². The smallest absolute Gasteiger partial charge is 0.414 e. The quantitative estimate of drug-likeness (QED) is 0.768. The van der Waals surface area contributed by atoms with E-state index >= 15 is 0 Å². The molecule has 0 unspecified atom stereocenters. The molecule has 1 atom stereocenters. The molecule has 0 radical (unpaired) electrons. The van der Waals surface area contributed by atoms with Crippen LogP contribution in [0.1, 0.15) is 51.4 Å². The largest absolute Gasteiger partial charge is 0.497 e. The number of alkyl carbamates (subject to hydrolysis) is 1. The van der Waals surface area contributed by atoms with Crippen molar-refractivity contribution in [3.63, 3.8) is 0 Å². The second-order valence-corrected chi connectivity index (χ2v) is 8.02. The van der Waals surface area contributed by atoms with Gasteiger partial charge in [-0.15, -0.1) is 11.3 Å². The van der Waals surface area contributed by atoms with Crippen LogP contribution in [0.15, 0.2) is 24.3 Å². The lowest BCUT2D eigenvalue weighted by molar-refractivity contribution is 0.0925. The van der Waals surface area contributed by atoms with Gasteiger partial charge in [-0.2, -0.15) is 0 Å². The molecule has 1 aromatic heterocycles. The molecule has 154 valence electrons. The Hall–Kier alpha value is -2.87. The third-order valence-corrected chi connectivity index (χ3v) is 5.98. The molecular weight excluding hydrogens is 392 g/mol. The number of hydrogen-bond donors (Lipinski definition) is 2. The number of carbonyl (C=O) groups excluding carboxylic acids is 3. The third kappa shape index (κ3) is 4.76. The minimum absolute atomic E-state index is 0.166. The zero-order valence-corrected chi connectivity index (χ0v) is 17.5. The standard InChI is InChI=1S/C21H24N2O5S/c1-4-28-21(26)23-19(25)17-15-10-5-12(2)11-16(15)29-20(17)22-18(24)13-6-8-14(27-3)9-7-13/h6-9,12H,4-5,10-11H2,1-3H3,(H,22,24)(H,23,25,26)/t12-/m0/s1. The first kappa shape index (κ1) is 20.9. The number of anilines is 1. The van der Waals surface area contributed by atoms with Gasteiger partial charge in [-0.05, 0) is 61.9 Å². The van der Waals surface area contributed by atoms with Crippen LogP contribution in [0.3, 0.4) is 0 Å². The Labute approximate surface area is 173 Å². The molecule has 1 heterocycles. The van der Waals surface area contributed by atoms with Crippen molar-refractivity contribution >= 4 is 34.2 Å². The molecule has 0 saturated heterocycles. The van der Waals surface area contributed by atoms with Crippen LogP contribution in [0, 0.1) is 5.92 Å². The second kappa shape index (κ2) is 9.09. The molecule has 8 heteroatoms. The highest BCUT2D eigenvalue weighted by Crippen LogP contribution is 2.39. The van der Waals surface area contributed by atoms with E-state index in [4.69, 9.17) is 9.47 Å². The van der Waals surface area contributed by atoms with E-state index in [0.29, 0.717) is 27.8 Å². The first-order valence-corrected chi connectivity index (χ1v) is 10.3. The number of amides is 3. The SMILES string of the molecule is CCOC(=O)NC(=O)c1c(NC(=O)c2ccc(OC)cc2)sc2c1CC[C@H](C)C2. The lowest BCUT2D eigenvalue weighted by atomic mass is 9.88. The van der Waals surface area contributed by atoms with Gasteiger partial charge in [0.1, 0.15) is 10.8 Å². The third-order valence-electron chi connectivity index (χ3n) is 4.81. The zero-order chi connectivity index (χ0) is 21.0. The number of benzene rings is 1. The molecule has 0 fully saturated rings. The first-order chi connectivity index (χ1) is 13.9. The van der Waals surface area contributed by atoms with Crippen LogP contribution < -0.4 is 15.4 Å². The summed E-state index contributed by atoms with van der Waals surface area (Å²) in [6, 6.07) is 6.71. The molecular formula is C21H24N2O5S. The molecule has 7 nitrogen and oxygen atoms in total. The molecule has 3 rings (SSSR count). The van der Waals surface area contributed by atoms with Crippen molar-refractivity contribution in [2.24, 2.45) is 5.92 Å². The molecule has 2 aromatic rings. The van der Waals surface area contributed by atoms with Crippen molar-refractivity contribution in [3.05, 3.63) is 45.8 Å². The molecule has 0 bridgehead atoms. The Morgan fingerprint density at radius 1 is 1.17 bits per heavy atom. The maximum atomic E-state index is 12.8. The van der Waals surface area contributed by atoms with Gasteiger partial charge in [0.15, 0.2) is 0 Å². The lowest BCUT2D eigenvalue weighted by Gasteiger charge is -2.18. The molecule has 1 aromatic carbocycles. The molecule has 0 spiro atoms. The second-order valence-electron chi connectivity index (χ2n) is 6.91. The van der Waals surface area contributed by atoms with Crippen molar-refractivity contribution in [2.75, 3.05) is 19.0 Å². The summed E-state index contributed by atoms with van der Waals surface area (Å²) < 4.78 is 9.93. The van der Waals surface area contributed by atoms with E-state index in [-0.39, 0.29) is 12.5 Å². The number of thiophene rings is 1. The highest BCUT2D eigenvalue weighted by atomic mass is 32.1. The van der Waals surface area contributed by atoms with Gasteiger partial charge in [-0.25, -0.2) is 4.79 Å². The van der Waals surface area contributed by atoms with Crippen LogP contribution >= 0.6 is 11.3 Å². The number of imide groups is 1. The molecule has 29 heavy (non-hydrogen) atoms. The van der Waals surface area contributed by atoms with Crippen LogP contribution in [0.2, 0.25) is 0 Å². The summed E-state index contributed by atoms with van der Waals surface area (Å²) in [5.74, 6) is 0.272. The summed E-state index contributed by atoms with van der Waals surface area (Å²) in [6.45, 7) is 3.99. The van der Waals surface area contributed by atoms with Crippen molar-refractivity contribution in [1.82, 2.24) is 5.32 Å². The number of nitrogens with one attached hydrogen (secondary N) is 2. The Balaban J connectivity index is 1.89. The molecule has 0 aliphatic heterocycles. The van der Waals surface area contributed by atoms with E-state index in [2.05, 4.69) is 17.6 Å². The Morgan fingerprint density at radius 2 is 1.90 bits per heavy atom. The highest BCUT2D eigenvalue weighted by molar-refractivity contribution is 7.17. The Bertz CT molecular complexity index is 920. The minimum atomic E-state index is -0.797. The average molecular weight is 416 g/mol. The van der Waals surface area contributed by atoms with Crippen molar-refractivity contribution in [3.8, 4) is 5.75 Å². The highest BCUT2D eigenvalue weighted by Gasteiger charge is 2.29. The monoisotopic (exact) mass is 416 g/mol. The maximum absolute atomic E-state index is 12.8. The average Bonchev–Trinajstić information content (AvgIpc) is 3.04. The number of rotatable bonds is 5. The fourth-order valence-corrected chi connectivity index (χ4v) is 4.72. The lowest BCUT2D eigenvalue weighted by Crippen LogP contribution is -2.32. The van der Waals surface area contributed by atoms with Crippen molar-refractivity contribution in [2.45, 2.75) is 33.1 Å². The Morgan fingerprint density at radius 3 is 2.55 bits per heavy atom. The van der Waals surface area contributed by atoms with Gasteiger partial charge in [-0.3, -0.25) is 14.9 Å². The predicted molar refractivity (Wildman–Crippen MR) is 111 cm³/mol. The van der Waals surface area contributed by atoms with Gasteiger partial charge in [-0.1, -0.05) is 6.92 Å². The number of fused-ring (bicyclic) bond motifs is 1. The van der Waals surface area contributed by atoms with Crippen molar-refractivity contribution < 1.29 is 23.9 Å². The van der Waals surface area contributed by atoms with Crippen LogP contribution in [0.25, 0.3) is 0 Å². The van der Waals surface area contributed by atoms with Crippen LogP contribution in [-0.4, -0.2) is 31.6 Å². The first-order valence-electron chi connectivity index (χ1n) is 9.51. The van der Waals surface area contributed by atoms with E-state index in [1.807, 2.05) is 0 Å². The van der Waals surface area contributed by atoms with Gasteiger partial charge in [0.05, 0.1) is 19.3 Å². The van der Waals surface area contributed by atoms with E-state index in [1.165, 1.54) is 11.3 Å². The number of ether oxygens (including phenoxy) is 2. The number of carbonyl (C=O) groups is 3. The summed E-state index contributed by atoms with van der Waals surface area (Å²) in [5, 5.41) is 5.55. The van der Waals surface area contributed by atoms with Crippen LogP contribution in [0.5, 0.6) is 5.75 Å². The van der Waals surface area contributed by atoms with Crippen molar-refractivity contribution in [1.29, 1.82) is 0 Å². The fourth-order valence-electron chi connectivity index (χ4n) is 3.32. The van der Waals surface area contributed by atoms with Crippen LogP contribution in [0.4, 0.5) is 9.80 Å². The molecule has 2 N–H and O–H groups in total. The van der Waals surface area contributed by atoms with Gasteiger partial charge in [0, 0.05) is 10.4 Å². The Kier molecular flexibility index (Phi) is 6.53. The topological polar surface area (TPSA) is 93.7 Å². The molecule has 1 aliphatic rings. The summed E-state index contributed by atoms with van der Waals surface area (Å²) in [4.78, 5) is 38.3. The van der Waals surface area contributed by atoms with Gasteiger partial charge < -0.3 is 14.8 Å². The summed E-state index contributed by atoms with van der Waals surface area (Å²) in [5.41, 5.74) is 1.70. The molecule has 1 aliphatic carbocycles. The minimum Gasteiger partial charge on any atom is -0.497 e. The van der Waals surface area contributed by atoms with E-state index in [9.17, 15) is 14.4 Å². The van der Waals surface area contributed by atoms with Gasteiger partial charge in [0.25, 0.3) is 11.8 Å². The molecule has 3 amide bonds. The van der Waals surface area contributed by atoms with E-state index in [1.54, 1.807) is 38.3 Å². The summed E-state index contributed by atoms with van der Waals surface area (Å²) >= 11 is 1.40. The summed E-state index contributed by atoms with van der Waals surface area (Å²) in [6.07, 6.45) is 1.73. The molecule has 0 saturated carbocycles.